The van der Waals surface area contributed by atoms with Crippen molar-refractivity contribution in [3.8, 4) is 39.9 Å². The first-order valence-corrected chi connectivity index (χ1v) is 13.7. The van der Waals surface area contributed by atoms with Crippen LogP contribution in [0.4, 0.5) is 0 Å². The number of ketones is 2. The molecule has 41 heavy (non-hydrogen) atoms. The molecule has 2 aliphatic rings. The lowest BCUT2D eigenvalue weighted by Crippen LogP contribution is -2.64. The Morgan fingerprint density at radius 1 is 0.805 bits per heavy atom. The molecule has 0 aromatic heterocycles. The number of methoxy groups -OCH3 is 3. The van der Waals surface area contributed by atoms with E-state index in [-0.39, 0.29) is 44.5 Å². The number of aromatic hydroxyl groups is 2. The second-order valence-electron chi connectivity index (χ2n) is 10.8. The van der Waals surface area contributed by atoms with Gasteiger partial charge in [-0.25, -0.2) is 0 Å². The predicted octanol–water partition coefficient (Wildman–Crippen LogP) is 6.32. The van der Waals surface area contributed by atoms with E-state index in [2.05, 4.69) is 0 Å². The molecule has 216 valence electrons. The van der Waals surface area contributed by atoms with Gasteiger partial charge in [0.25, 0.3) is 0 Å². The van der Waals surface area contributed by atoms with E-state index in [4.69, 9.17) is 49.0 Å². The molecule has 0 amide bonds. The highest BCUT2D eigenvalue weighted by Gasteiger charge is 2.64. The molecule has 0 spiro atoms. The molecule has 2 atom stereocenters. The summed E-state index contributed by atoms with van der Waals surface area (Å²) in [5.74, 6) is -3.19. The lowest BCUT2D eigenvalue weighted by atomic mass is 9.52. The molecule has 8 nitrogen and oxygen atoms in total. The first-order chi connectivity index (χ1) is 19.2. The Labute approximate surface area is 251 Å². The molecule has 11 heteroatoms. The summed E-state index contributed by atoms with van der Waals surface area (Å²) in [5, 5.41) is 33.3. The highest BCUT2D eigenvalue weighted by Crippen LogP contribution is 2.58. The maximum atomic E-state index is 14.6. The number of Topliss-reactive ketones (excluding diaryl/α,β-unsaturated/α-hetero) is 2. The molecule has 0 saturated carbocycles. The van der Waals surface area contributed by atoms with Crippen molar-refractivity contribution >= 4 is 46.4 Å². The monoisotopic (exact) mass is 620 g/mol. The molecule has 0 saturated heterocycles. The number of rotatable bonds is 4. The number of benzene rings is 3. The van der Waals surface area contributed by atoms with E-state index < -0.39 is 45.0 Å². The third-order valence-corrected chi connectivity index (χ3v) is 9.79. The Hall–Kier alpha value is -3.17. The van der Waals surface area contributed by atoms with Crippen LogP contribution in [0.1, 0.15) is 51.3 Å². The molecule has 2 unspecified atom stereocenters. The van der Waals surface area contributed by atoms with Crippen molar-refractivity contribution in [2.24, 2.45) is 5.92 Å². The van der Waals surface area contributed by atoms with Crippen LogP contribution in [0.3, 0.4) is 0 Å². The number of hydrogen-bond acceptors (Lipinski definition) is 8. The summed E-state index contributed by atoms with van der Waals surface area (Å²) in [7, 11) is 4.34. The van der Waals surface area contributed by atoms with Gasteiger partial charge in [-0.15, -0.1) is 0 Å². The molecule has 0 bridgehead atoms. The Morgan fingerprint density at radius 2 is 1.37 bits per heavy atom. The van der Waals surface area contributed by atoms with E-state index in [1.54, 1.807) is 26.8 Å². The average molecular weight is 622 g/mol. The third-order valence-electron chi connectivity index (χ3n) is 8.53. The molecule has 0 heterocycles. The minimum atomic E-state index is -2.61. The minimum Gasteiger partial charge on any atom is -0.506 e. The number of phenols is 2. The van der Waals surface area contributed by atoms with Crippen LogP contribution in [0.15, 0.2) is 18.2 Å². The number of aliphatic hydroxyl groups is 1. The standard InChI is InChI=1S/C30H27Cl3O8/c1-11-20(16(39-4)10-18(41-6)23(11)31)12-7-17(40-5)24(32)13-8-19-29(2,3)14-9-15(34)25(33)26(35)22(14)28(37)30(19,38)27(36)21(12)13/h7,9-10,19,34-35,38H,8H2,1-6H3. The van der Waals surface area contributed by atoms with E-state index in [0.717, 1.165) is 0 Å². The van der Waals surface area contributed by atoms with Gasteiger partial charge < -0.3 is 29.5 Å². The van der Waals surface area contributed by atoms with E-state index in [9.17, 15) is 24.9 Å². The number of hydrogen-bond donors (Lipinski definition) is 3. The van der Waals surface area contributed by atoms with Gasteiger partial charge in [0.05, 0.1) is 36.9 Å². The predicted molar refractivity (Wildman–Crippen MR) is 155 cm³/mol. The molecule has 0 aliphatic heterocycles. The van der Waals surface area contributed by atoms with Gasteiger partial charge in [0.2, 0.25) is 11.6 Å². The normalized spacial score (nSPS) is 20.7. The molecule has 5 rings (SSSR count). The largest absolute Gasteiger partial charge is 0.506 e. The van der Waals surface area contributed by atoms with Crippen molar-refractivity contribution in [3.63, 3.8) is 0 Å². The summed E-state index contributed by atoms with van der Waals surface area (Å²) in [6.07, 6.45) is -0.0197. The number of carbonyl (C=O) groups is 2. The molecule has 3 aromatic rings. The van der Waals surface area contributed by atoms with Gasteiger partial charge in [0.1, 0.15) is 33.8 Å². The Morgan fingerprint density at radius 3 is 1.95 bits per heavy atom. The molecule has 0 radical (unpaired) electrons. The van der Waals surface area contributed by atoms with Crippen LogP contribution in [0.2, 0.25) is 15.1 Å². The van der Waals surface area contributed by atoms with Crippen LogP contribution < -0.4 is 14.2 Å². The van der Waals surface area contributed by atoms with E-state index in [0.29, 0.717) is 28.2 Å². The van der Waals surface area contributed by atoms with Crippen LogP contribution in [-0.2, 0) is 11.8 Å². The quantitative estimate of drug-likeness (QED) is 0.289. The van der Waals surface area contributed by atoms with Gasteiger partial charge >= 0.3 is 0 Å². The molecule has 3 aromatic carbocycles. The Balaban J connectivity index is 1.88. The van der Waals surface area contributed by atoms with Crippen LogP contribution >= 0.6 is 34.8 Å². The molecular formula is C30H27Cl3O8. The smallest absolute Gasteiger partial charge is 0.206 e. The maximum Gasteiger partial charge on any atom is 0.206 e. The van der Waals surface area contributed by atoms with Crippen LogP contribution in [0, 0.1) is 12.8 Å². The second kappa shape index (κ2) is 9.70. The van der Waals surface area contributed by atoms with Gasteiger partial charge in [0.15, 0.2) is 5.60 Å². The van der Waals surface area contributed by atoms with Crippen molar-refractivity contribution < 1.29 is 39.1 Å². The van der Waals surface area contributed by atoms with Crippen molar-refractivity contribution in [3.05, 3.63) is 61.1 Å². The van der Waals surface area contributed by atoms with Crippen LogP contribution in [0.5, 0.6) is 28.7 Å². The van der Waals surface area contributed by atoms with Gasteiger partial charge in [0, 0.05) is 28.7 Å². The summed E-state index contributed by atoms with van der Waals surface area (Å²) in [6, 6.07) is 4.39. The fourth-order valence-corrected chi connectivity index (χ4v) is 7.03. The zero-order valence-electron chi connectivity index (χ0n) is 23.0. The van der Waals surface area contributed by atoms with Crippen molar-refractivity contribution in [2.75, 3.05) is 21.3 Å². The van der Waals surface area contributed by atoms with Crippen LogP contribution in [0.25, 0.3) is 11.1 Å². The molecule has 0 fully saturated rings. The topological polar surface area (TPSA) is 123 Å². The zero-order valence-corrected chi connectivity index (χ0v) is 25.3. The average Bonchev–Trinajstić information content (AvgIpc) is 2.94. The molecular weight excluding hydrogens is 595 g/mol. The SMILES string of the molecule is COc1cc(OC)c(-c2cc(OC)c(Cl)c3c2C(=O)C2(O)C(=O)c4c(cc(O)c(Cl)c4O)C(C)(C)C2C3)c(C)c1Cl. The van der Waals surface area contributed by atoms with Crippen LogP contribution in [-0.4, -0.2) is 53.8 Å². The summed E-state index contributed by atoms with van der Waals surface area (Å²) < 4.78 is 16.6. The van der Waals surface area contributed by atoms with Gasteiger partial charge in [-0.1, -0.05) is 48.7 Å². The fourth-order valence-electron chi connectivity index (χ4n) is 6.35. The highest BCUT2D eigenvalue weighted by molar-refractivity contribution is 6.37. The lowest BCUT2D eigenvalue weighted by molar-refractivity contribution is -0.0202. The summed E-state index contributed by atoms with van der Waals surface area (Å²) in [4.78, 5) is 28.6. The number of halogens is 3. The third kappa shape index (κ3) is 3.77. The highest BCUT2D eigenvalue weighted by atomic mass is 35.5. The summed E-state index contributed by atoms with van der Waals surface area (Å²) >= 11 is 19.5. The Kier molecular flexibility index (Phi) is 6.94. The zero-order chi connectivity index (χ0) is 30.3. The van der Waals surface area contributed by atoms with Crippen molar-refractivity contribution in [2.45, 2.75) is 38.2 Å². The fraction of sp³-hybridized carbons (Fsp3) is 0.333. The van der Waals surface area contributed by atoms with Crippen molar-refractivity contribution in [1.82, 2.24) is 0 Å². The van der Waals surface area contributed by atoms with Gasteiger partial charge in [-0.05, 0) is 47.6 Å². The maximum absolute atomic E-state index is 14.6. The minimum absolute atomic E-state index is 0.00542. The van der Waals surface area contributed by atoms with E-state index in [1.807, 2.05) is 0 Å². The Bertz CT molecular complexity index is 1680. The van der Waals surface area contributed by atoms with Gasteiger partial charge in [-0.2, -0.15) is 0 Å². The lowest BCUT2D eigenvalue weighted by Gasteiger charge is -2.51. The second-order valence-corrected chi connectivity index (χ2v) is 11.9. The molecule has 2 aliphatic carbocycles. The first kappa shape index (κ1) is 29.3. The summed E-state index contributed by atoms with van der Waals surface area (Å²) in [6.45, 7) is 5.15. The van der Waals surface area contributed by atoms with E-state index in [1.165, 1.54) is 33.5 Å². The number of carbonyl (C=O) groups excluding carboxylic acids is 2. The number of ether oxygens (including phenoxy) is 3. The number of fused-ring (bicyclic) bond motifs is 3. The molecule has 3 N–H and O–H groups in total. The number of phenolic OH excluding ortho intramolecular Hbond substituents is 2. The first-order valence-electron chi connectivity index (χ1n) is 12.6. The van der Waals surface area contributed by atoms with E-state index >= 15 is 0 Å². The van der Waals surface area contributed by atoms with Crippen molar-refractivity contribution in [1.29, 1.82) is 0 Å². The summed E-state index contributed by atoms with van der Waals surface area (Å²) in [5.41, 5.74) is -2.24. The van der Waals surface area contributed by atoms with Gasteiger partial charge in [-0.3, -0.25) is 9.59 Å².